The summed E-state index contributed by atoms with van der Waals surface area (Å²) in [5, 5.41) is 13.4. The van der Waals surface area contributed by atoms with Gasteiger partial charge in [-0.05, 0) is 53.1 Å². The van der Waals surface area contributed by atoms with Crippen molar-refractivity contribution in [3.05, 3.63) is 81.9 Å². The molecular weight excluding hydrogens is 432 g/mol. The van der Waals surface area contributed by atoms with Crippen molar-refractivity contribution in [1.82, 2.24) is 25.2 Å². The molecule has 2 aromatic carbocycles. The molecule has 0 bridgehead atoms. The average molecular weight is 462 g/mol. The molecule has 0 saturated carbocycles. The summed E-state index contributed by atoms with van der Waals surface area (Å²) >= 11 is 0. The van der Waals surface area contributed by atoms with Crippen LogP contribution in [0.15, 0.2) is 59.4 Å². The number of aromatic amines is 1. The molecule has 3 heterocycles. The molecule has 9 heteroatoms. The highest BCUT2D eigenvalue weighted by Gasteiger charge is 2.25. The van der Waals surface area contributed by atoms with Crippen LogP contribution in [0, 0.1) is 0 Å². The number of rotatable bonds is 9. The molecule has 176 valence electrons. The number of nitrogens with zero attached hydrogens (tertiary/aromatic N) is 4. The van der Waals surface area contributed by atoms with Gasteiger partial charge in [-0.3, -0.25) is 4.79 Å². The first-order valence-corrected chi connectivity index (χ1v) is 11.6. The maximum Gasteiger partial charge on any atom is 0.257 e. The molecule has 2 atom stereocenters. The highest BCUT2D eigenvalue weighted by molar-refractivity contribution is 5.80. The largest absolute Gasteiger partial charge is 0.497 e. The lowest BCUT2D eigenvalue weighted by Crippen LogP contribution is -3.10. The standard InChI is InChI=1S/C25H28N6O3/c1-33-21-9-10-23-19(13-21)12-20(25(32)26-23)15-30(16-22-8-5-11-34-22)17-24-27-28-29-31(24)14-18-6-3-2-4-7-18/h2-4,6-7,9-10,12-13,22H,5,8,11,14-17H2,1H3,(H,26,32)/p+1/t22-/m1/s1. The van der Waals surface area contributed by atoms with Crippen LogP contribution in [0.25, 0.3) is 10.9 Å². The Hall–Kier alpha value is -3.56. The van der Waals surface area contributed by atoms with Gasteiger partial charge in [-0.2, -0.15) is 0 Å². The third-order valence-electron chi connectivity index (χ3n) is 6.30. The summed E-state index contributed by atoms with van der Waals surface area (Å²) in [5.41, 5.74) is 2.57. The predicted octanol–water partition coefficient (Wildman–Crippen LogP) is 1.34. The summed E-state index contributed by atoms with van der Waals surface area (Å²) in [6, 6.07) is 17.7. The number of nitrogens with one attached hydrogen (secondary N) is 2. The van der Waals surface area contributed by atoms with Gasteiger partial charge in [-0.25, -0.2) is 4.68 Å². The molecule has 5 rings (SSSR count). The van der Waals surface area contributed by atoms with E-state index in [1.54, 1.807) is 7.11 Å². The third-order valence-corrected chi connectivity index (χ3v) is 6.30. The van der Waals surface area contributed by atoms with E-state index in [9.17, 15) is 4.79 Å². The average Bonchev–Trinajstić information content (AvgIpc) is 3.52. The molecule has 0 amide bonds. The van der Waals surface area contributed by atoms with Gasteiger partial charge in [0.1, 0.15) is 31.5 Å². The molecule has 1 unspecified atom stereocenters. The van der Waals surface area contributed by atoms with Gasteiger partial charge in [-0.1, -0.05) is 30.3 Å². The summed E-state index contributed by atoms with van der Waals surface area (Å²) in [7, 11) is 1.64. The SMILES string of the molecule is COc1ccc2[nH]c(=O)c(C[NH+](Cc3nnnn3Cc3ccccc3)C[C@H]3CCCO3)cc2c1. The van der Waals surface area contributed by atoms with Gasteiger partial charge < -0.3 is 19.4 Å². The fraction of sp³-hybridized carbons (Fsp3) is 0.360. The first-order chi connectivity index (χ1) is 16.7. The van der Waals surface area contributed by atoms with E-state index >= 15 is 0 Å². The quantitative estimate of drug-likeness (QED) is 0.390. The maximum atomic E-state index is 12.9. The molecule has 2 N–H and O–H groups in total. The summed E-state index contributed by atoms with van der Waals surface area (Å²) in [5.74, 6) is 1.55. The van der Waals surface area contributed by atoms with Crippen LogP contribution in [0.3, 0.4) is 0 Å². The normalized spacial score (nSPS) is 16.7. The van der Waals surface area contributed by atoms with Gasteiger partial charge in [0.2, 0.25) is 5.82 Å². The molecule has 0 aliphatic carbocycles. The molecule has 1 saturated heterocycles. The molecule has 2 aromatic heterocycles. The topological polar surface area (TPSA) is 99.4 Å². The molecule has 4 aromatic rings. The van der Waals surface area contributed by atoms with Crippen molar-refractivity contribution in [3.63, 3.8) is 0 Å². The molecule has 1 fully saturated rings. The Kier molecular flexibility index (Phi) is 6.64. The van der Waals surface area contributed by atoms with Gasteiger partial charge in [0, 0.05) is 17.5 Å². The Morgan fingerprint density at radius 1 is 1.18 bits per heavy atom. The highest BCUT2D eigenvalue weighted by Crippen LogP contribution is 2.18. The summed E-state index contributed by atoms with van der Waals surface area (Å²) < 4.78 is 13.1. The lowest BCUT2D eigenvalue weighted by Gasteiger charge is -2.22. The van der Waals surface area contributed by atoms with E-state index in [-0.39, 0.29) is 11.7 Å². The molecular formula is C25H29N6O3+. The van der Waals surface area contributed by atoms with Gasteiger partial charge in [0.25, 0.3) is 5.56 Å². The van der Waals surface area contributed by atoms with Gasteiger partial charge >= 0.3 is 0 Å². The van der Waals surface area contributed by atoms with Crippen molar-refractivity contribution >= 4 is 10.9 Å². The second kappa shape index (κ2) is 10.1. The maximum absolute atomic E-state index is 12.9. The predicted molar refractivity (Wildman–Crippen MR) is 127 cm³/mol. The van der Waals surface area contributed by atoms with E-state index in [0.29, 0.717) is 19.6 Å². The summed E-state index contributed by atoms with van der Waals surface area (Å²) in [4.78, 5) is 17.1. The van der Waals surface area contributed by atoms with Crippen molar-refractivity contribution in [2.24, 2.45) is 0 Å². The number of pyridine rings is 1. The second-order valence-electron chi connectivity index (χ2n) is 8.76. The zero-order valence-corrected chi connectivity index (χ0v) is 19.2. The number of aromatic nitrogens is 5. The second-order valence-corrected chi connectivity index (χ2v) is 8.76. The van der Waals surface area contributed by atoms with Crippen molar-refractivity contribution < 1.29 is 14.4 Å². The Bertz CT molecular complexity index is 1300. The Morgan fingerprint density at radius 2 is 2.06 bits per heavy atom. The van der Waals surface area contributed by atoms with Crippen LogP contribution in [-0.4, -0.2) is 51.6 Å². The number of benzene rings is 2. The Labute approximate surface area is 197 Å². The number of tetrazole rings is 1. The first-order valence-electron chi connectivity index (χ1n) is 11.6. The Balaban J connectivity index is 1.40. The van der Waals surface area contributed by atoms with Gasteiger partial charge in [0.15, 0.2) is 0 Å². The van der Waals surface area contributed by atoms with Crippen LogP contribution in [0.2, 0.25) is 0 Å². The molecule has 0 radical (unpaired) electrons. The van der Waals surface area contributed by atoms with E-state index in [1.165, 1.54) is 4.90 Å². The number of methoxy groups -OCH3 is 1. The van der Waals surface area contributed by atoms with E-state index in [2.05, 4.69) is 32.6 Å². The fourth-order valence-electron chi connectivity index (χ4n) is 4.54. The van der Waals surface area contributed by atoms with Crippen LogP contribution in [0.1, 0.15) is 29.8 Å². The van der Waals surface area contributed by atoms with E-state index in [1.807, 2.05) is 47.1 Å². The van der Waals surface area contributed by atoms with Crippen molar-refractivity contribution in [2.45, 2.75) is 38.6 Å². The van der Waals surface area contributed by atoms with Gasteiger partial charge in [-0.15, -0.1) is 5.10 Å². The van der Waals surface area contributed by atoms with Crippen LogP contribution in [0.4, 0.5) is 0 Å². The van der Waals surface area contributed by atoms with Crippen LogP contribution >= 0.6 is 0 Å². The van der Waals surface area contributed by atoms with E-state index < -0.39 is 0 Å². The zero-order chi connectivity index (χ0) is 23.3. The number of ether oxygens (including phenoxy) is 2. The summed E-state index contributed by atoms with van der Waals surface area (Å²) in [6.45, 7) is 3.32. The molecule has 1 aliphatic rings. The van der Waals surface area contributed by atoms with Crippen LogP contribution in [0.5, 0.6) is 5.75 Å². The van der Waals surface area contributed by atoms with E-state index in [0.717, 1.165) is 59.6 Å². The van der Waals surface area contributed by atoms with Crippen molar-refractivity contribution in [1.29, 1.82) is 0 Å². The lowest BCUT2D eigenvalue weighted by molar-refractivity contribution is -0.931. The first kappa shape index (κ1) is 22.2. The van der Waals surface area contributed by atoms with Crippen LogP contribution < -0.4 is 15.2 Å². The number of fused-ring (bicyclic) bond motifs is 1. The molecule has 1 aliphatic heterocycles. The molecule has 0 spiro atoms. The number of quaternary nitrogens is 1. The fourth-order valence-corrected chi connectivity index (χ4v) is 4.54. The molecule has 9 nitrogen and oxygen atoms in total. The highest BCUT2D eigenvalue weighted by atomic mass is 16.5. The minimum atomic E-state index is -0.0774. The van der Waals surface area contributed by atoms with Crippen molar-refractivity contribution in [3.8, 4) is 5.75 Å². The Morgan fingerprint density at radius 3 is 2.85 bits per heavy atom. The number of hydrogen-bond acceptors (Lipinski definition) is 6. The van der Waals surface area contributed by atoms with Crippen molar-refractivity contribution in [2.75, 3.05) is 20.3 Å². The monoisotopic (exact) mass is 461 g/mol. The minimum absolute atomic E-state index is 0.0774. The number of hydrogen-bond donors (Lipinski definition) is 2. The molecule has 34 heavy (non-hydrogen) atoms. The minimum Gasteiger partial charge on any atom is -0.497 e. The number of H-pyrrole nitrogens is 1. The van der Waals surface area contributed by atoms with E-state index in [4.69, 9.17) is 9.47 Å². The van der Waals surface area contributed by atoms with Gasteiger partial charge in [0.05, 0.1) is 19.2 Å². The smallest absolute Gasteiger partial charge is 0.257 e. The summed E-state index contributed by atoms with van der Waals surface area (Å²) in [6.07, 6.45) is 2.28. The lowest BCUT2D eigenvalue weighted by atomic mass is 10.1. The zero-order valence-electron chi connectivity index (χ0n) is 19.2. The third kappa shape index (κ3) is 5.16. The van der Waals surface area contributed by atoms with Crippen LogP contribution in [-0.2, 0) is 24.4 Å².